The molecule has 0 radical (unpaired) electrons. The molecule has 114 valence electrons. The van der Waals surface area contributed by atoms with Crippen LogP contribution < -0.4 is 5.32 Å². The van der Waals surface area contributed by atoms with Crippen LogP contribution in [-0.4, -0.2) is 46.6 Å². The number of carbonyl (C=O) groups is 2. The van der Waals surface area contributed by atoms with E-state index < -0.39 is 5.97 Å². The van der Waals surface area contributed by atoms with Gasteiger partial charge >= 0.3 is 12.0 Å². The molecule has 0 bridgehead atoms. The molecule has 0 aliphatic carbocycles. The number of rotatable bonds is 3. The van der Waals surface area contributed by atoms with Crippen LogP contribution in [0.15, 0.2) is 12.1 Å². The number of carboxylic acids is 1. The molecule has 1 saturated heterocycles. The quantitative estimate of drug-likeness (QED) is 0.900. The number of thioether (sulfide) groups is 1. The summed E-state index contributed by atoms with van der Waals surface area (Å²) < 4.78 is 0. The minimum absolute atomic E-state index is 0.193. The van der Waals surface area contributed by atoms with E-state index >= 15 is 0 Å². The third kappa shape index (κ3) is 3.50. The van der Waals surface area contributed by atoms with Crippen molar-refractivity contribution in [1.29, 1.82) is 0 Å². The SMILES string of the molecule is Cc1cc(NC(=O)N(C)C2CCSC2)cc(C(=O)O)c1C. The van der Waals surface area contributed by atoms with Crippen LogP contribution in [0.25, 0.3) is 0 Å². The summed E-state index contributed by atoms with van der Waals surface area (Å²) in [6.45, 7) is 3.61. The Labute approximate surface area is 128 Å². The highest BCUT2D eigenvalue weighted by atomic mass is 32.2. The minimum atomic E-state index is -0.979. The molecule has 21 heavy (non-hydrogen) atoms. The van der Waals surface area contributed by atoms with Gasteiger partial charge in [0.1, 0.15) is 0 Å². The molecule has 1 atom stereocenters. The number of nitrogens with zero attached hydrogens (tertiary/aromatic N) is 1. The summed E-state index contributed by atoms with van der Waals surface area (Å²) in [6, 6.07) is 3.37. The number of carboxylic acid groups (broad SMARTS) is 1. The van der Waals surface area contributed by atoms with Crippen LogP contribution in [0.1, 0.15) is 27.9 Å². The van der Waals surface area contributed by atoms with Crippen LogP contribution in [0.3, 0.4) is 0 Å². The van der Waals surface area contributed by atoms with E-state index in [1.54, 1.807) is 24.9 Å². The third-order valence-electron chi connectivity index (χ3n) is 3.92. The summed E-state index contributed by atoms with van der Waals surface area (Å²) in [7, 11) is 1.78. The predicted molar refractivity (Wildman–Crippen MR) is 85.4 cm³/mol. The number of benzene rings is 1. The number of amides is 2. The average molecular weight is 308 g/mol. The maximum atomic E-state index is 12.2. The Morgan fingerprint density at radius 1 is 1.38 bits per heavy atom. The second kappa shape index (κ2) is 6.39. The van der Waals surface area contributed by atoms with Crippen molar-refractivity contribution in [2.24, 2.45) is 0 Å². The monoisotopic (exact) mass is 308 g/mol. The molecule has 2 rings (SSSR count). The Kier molecular flexibility index (Phi) is 4.77. The lowest BCUT2D eigenvalue weighted by molar-refractivity contribution is 0.0696. The standard InChI is InChI=1S/C15H20N2O3S/c1-9-6-11(7-13(10(9)2)14(18)19)16-15(20)17(3)12-4-5-21-8-12/h6-7,12H,4-5,8H2,1-3H3,(H,16,20)(H,18,19). The van der Waals surface area contributed by atoms with Crippen molar-refractivity contribution in [2.45, 2.75) is 26.3 Å². The molecule has 5 nitrogen and oxygen atoms in total. The fourth-order valence-electron chi connectivity index (χ4n) is 2.36. The number of aryl methyl sites for hydroxylation is 1. The number of hydrogen-bond donors (Lipinski definition) is 2. The van der Waals surface area contributed by atoms with Gasteiger partial charge in [-0.25, -0.2) is 9.59 Å². The molecule has 6 heteroatoms. The first-order chi connectivity index (χ1) is 9.90. The lowest BCUT2D eigenvalue weighted by atomic mass is 10.0. The van der Waals surface area contributed by atoms with E-state index in [0.29, 0.717) is 5.69 Å². The summed E-state index contributed by atoms with van der Waals surface area (Å²) in [4.78, 5) is 25.2. The zero-order valence-electron chi connectivity index (χ0n) is 12.5. The van der Waals surface area contributed by atoms with Crippen molar-refractivity contribution in [3.63, 3.8) is 0 Å². The maximum Gasteiger partial charge on any atom is 0.336 e. The second-order valence-corrected chi connectivity index (χ2v) is 6.48. The van der Waals surface area contributed by atoms with E-state index in [1.807, 2.05) is 18.7 Å². The first-order valence-electron chi connectivity index (χ1n) is 6.86. The van der Waals surface area contributed by atoms with E-state index in [1.165, 1.54) is 6.07 Å². The Morgan fingerprint density at radius 2 is 2.10 bits per heavy atom. The smallest absolute Gasteiger partial charge is 0.336 e. The summed E-state index contributed by atoms with van der Waals surface area (Å²) in [5.41, 5.74) is 2.33. The topological polar surface area (TPSA) is 69.6 Å². The van der Waals surface area contributed by atoms with Crippen LogP contribution >= 0.6 is 11.8 Å². The number of carbonyl (C=O) groups excluding carboxylic acids is 1. The lowest BCUT2D eigenvalue weighted by Crippen LogP contribution is -2.39. The Morgan fingerprint density at radius 3 is 2.67 bits per heavy atom. The average Bonchev–Trinajstić information content (AvgIpc) is 2.95. The molecule has 0 spiro atoms. The molecule has 2 N–H and O–H groups in total. The highest BCUT2D eigenvalue weighted by Crippen LogP contribution is 2.23. The van der Waals surface area contributed by atoms with Gasteiger partial charge < -0.3 is 15.3 Å². The van der Waals surface area contributed by atoms with E-state index in [0.717, 1.165) is 29.1 Å². The van der Waals surface area contributed by atoms with Crippen molar-refractivity contribution in [3.05, 3.63) is 28.8 Å². The third-order valence-corrected chi connectivity index (χ3v) is 5.07. The normalized spacial score (nSPS) is 17.6. The van der Waals surface area contributed by atoms with E-state index in [-0.39, 0.29) is 17.6 Å². The van der Waals surface area contributed by atoms with Gasteiger partial charge in [-0.3, -0.25) is 0 Å². The van der Waals surface area contributed by atoms with Crippen LogP contribution in [0.4, 0.5) is 10.5 Å². The van der Waals surface area contributed by atoms with Gasteiger partial charge in [0.2, 0.25) is 0 Å². The molecule has 1 fully saturated rings. The molecule has 1 aliphatic heterocycles. The molecule has 0 aromatic heterocycles. The van der Waals surface area contributed by atoms with Gasteiger partial charge in [0.15, 0.2) is 0 Å². The summed E-state index contributed by atoms with van der Waals surface area (Å²) in [5, 5.41) is 12.0. The number of urea groups is 1. The van der Waals surface area contributed by atoms with Crippen molar-refractivity contribution in [1.82, 2.24) is 4.90 Å². The lowest BCUT2D eigenvalue weighted by Gasteiger charge is -2.24. The first-order valence-corrected chi connectivity index (χ1v) is 8.01. The van der Waals surface area contributed by atoms with Gasteiger partial charge in [-0.15, -0.1) is 0 Å². The fourth-order valence-corrected chi connectivity index (χ4v) is 3.63. The molecule has 2 amide bonds. The van der Waals surface area contributed by atoms with Crippen molar-refractivity contribution < 1.29 is 14.7 Å². The molecule has 0 saturated carbocycles. The number of hydrogen-bond acceptors (Lipinski definition) is 3. The van der Waals surface area contributed by atoms with Gasteiger partial charge in [0.25, 0.3) is 0 Å². The van der Waals surface area contributed by atoms with Crippen molar-refractivity contribution in [3.8, 4) is 0 Å². The maximum absolute atomic E-state index is 12.2. The van der Waals surface area contributed by atoms with Crippen LogP contribution in [0, 0.1) is 13.8 Å². The van der Waals surface area contributed by atoms with Gasteiger partial charge in [-0.2, -0.15) is 11.8 Å². The molecule has 1 aliphatic rings. The van der Waals surface area contributed by atoms with E-state index in [2.05, 4.69) is 5.32 Å². The second-order valence-electron chi connectivity index (χ2n) is 5.33. The van der Waals surface area contributed by atoms with Gasteiger partial charge in [0.05, 0.1) is 5.56 Å². The van der Waals surface area contributed by atoms with E-state index in [9.17, 15) is 14.7 Å². The molecule has 1 heterocycles. The Hall–Kier alpha value is -1.69. The fraction of sp³-hybridized carbons (Fsp3) is 0.467. The largest absolute Gasteiger partial charge is 0.478 e. The van der Waals surface area contributed by atoms with Crippen molar-refractivity contribution in [2.75, 3.05) is 23.9 Å². The Bertz CT molecular complexity index is 568. The number of anilines is 1. The van der Waals surface area contributed by atoms with Crippen molar-refractivity contribution >= 4 is 29.4 Å². The molecular weight excluding hydrogens is 288 g/mol. The highest BCUT2D eigenvalue weighted by molar-refractivity contribution is 7.99. The van der Waals surface area contributed by atoms with Crippen LogP contribution in [0.5, 0.6) is 0 Å². The molecule has 1 aromatic rings. The summed E-state index contributed by atoms with van der Waals surface area (Å²) >= 11 is 1.85. The van der Waals surface area contributed by atoms with Gasteiger partial charge in [0, 0.05) is 24.5 Å². The predicted octanol–water partition coefficient (Wildman–Crippen LogP) is 2.97. The zero-order valence-corrected chi connectivity index (χ0v) is 13.3. The zero-order chi connectivity index (χ0) is 15.6. The van der Waals surface area contributed by atoms with Crippen LogP contribution in [0.2, 0.25) is 0 Å². The van der Waals surface area contributed by atoms with E-state index in [4.69, 9.17) is 0 Å². The van der Waals surface area contributed by atoms with Gasteiger partial charge in [-0.1, -0.05) is 0 Å². The molecule has 1 unspecified atom stereocenters. The first kappa shape index (κ1) is 15.7. The minimum Gasteiger partial charge on any atom is -0.478 e. The molecular formula is C15H20N2O3S. The Balaban J connectivity index is 2.15. The van der Waals surface area contributed by atoms with Crippen LogP contribution in [-0.2, 0) is 0 Å². The van der Waals surface area contributed by atoms with Gasteiger partial charge in [-0.05, 0) is 49.3 Å². The number of aromatic carboxylic acids is 1. The summed E-state index contributed by atoms with van der Waals surface area (Å²) in [6.07, 6.45) is 1.00. The molecule has 1 aromatic carbocycles. The highest BCUT2D eigenvalue weighted by Gasteiger charge is 2.24. The summed E-state index contributed by atoms with van der Waals surface area (Å²) in [5.74, 6) is 1.05. The number of nitrogens with one attached hydrogen (secondary N) is 1.